The summed E-state index contributed by atoms with van der Waals surface area (Å²) in [4.78, 5) is 7.04. The van der Waals surface area contributed by atoms with Crippen molar-refractivity contribution in [3.05, 3.63) is 35.5 Å². The molecule has 3 atom stereocenters. The first-order valence-electron chi connectivity index (χ1n) is 7.71. The predicted octanol–water partition coefficient (Wildman–Crippen LogP) is 4.26. The fourth-order valence-electron chi connectivity index (χ4n) is 4.05. The Morgan fingerprint density at radius 3 is 3.00 bits per heavy atom. The molecule has 3 heterocycles. The molecule has 1 unspecified atom stereocenters. The van der Waals surface area contributed by atoms with Crippen LogP contribution in [-0.2, 0) is 6.42 Å². The van der Waals surface area contributed by atoms with E-state index in [1.54, 1.807) is 5.56 Å². The van der Waals surface area contributed by atoms with Gasteiger partial charge >= 0.3 is 0 Å². The van der Waals surface area contributed by atoms with E-state index in [9.17, 15) is 0 Å². The van der Waals surface area contributed by atoms with E-state index in [1.165, 1.54) is 48.9 Å². The van der Waals surface area contributed by atoms with Gasteiger partial charge in [-0.1, -0.05) is 41.1 Å². The van der Waals surface area contributed by atoms with Gasteiger partial charge in [-0.25, -0.2) is 0 Å². The maximum Gasteiger partial charge on any atom is 0.0501 e. The molecule has 1 aromatic heterocycles. The molecule has 2 aromatic rings. The highest BCUT2D eigenvalue weighted by atomic mass is 79.9. The van der Waals surface area contributed by atoms with Crippen molar-refractivity contribution in [3.8, 4) is 0 Å². The van der Waals surface area contributed by atoms with E-state index in [2.05, 4.69) is 57.0 Å². The highest BCUT2D eigenvalue weighted by Gasteiger charge is 2.36. The molecule has 0 amide bonds. The summed E-state index contributed by atoms with van der Waals surface area (Å²) < 4.78 is 0. The van der Waals surface area contributed by atoms with Gasteiger partial charge in [0.2, 0.25) is 0 Å². The van der Waals surface area contributed by atoms with E-state index in [4.69, 9.17) is 0 Å². The standard InChI is InChI=1S/C17H21BrN2/c1-11(18)12-6-7-16-17-14(8-9-20(16)10-12)13-4-2-3-5-15(13)19-17/h2-5,11-12,16,19H,6-10H2,1H3/t11?,12-,16+/m1/s1. The number of rotatable bonds is 1. The van der Waals surface area contributed by atoms with Gasteiger partial charge in [0.1, 0.15) is 0 Å². The molecular formula is C17H21BrN2. The monoisotopic (exact) mass is 332 g/mol. The van der Waals surface area contributed by atoms with Crippen LogP contribution in [0.15, 0.2) is 24.3 Å². The zero-order valence-corrected chi connectivity index (χ0v) is 13.5. The summed E-state index contributed by atoms with van der Waals surface area (Å²) in [6, 6.07) is 9.39. The molecule has 0 aliphatic carbocycles. The fraction of sp³-hybridized carbons (Fsp3) is 0.529. The first-order chi connectivity index (χ1) is 9.74. The second kappa shape index (κ2) is 4.88. The van der Waals surface area contributed by atoms with Crippen molar-refractivity contribution in [2.24, 2.45) is 5.92 Å². The van der Waals surface area contributed by atoms with Crippen LogP contribution in [0.25, 0.3) is 10.9 Å². The Morgan fingerprint density at radius 1 is 1.30 bits per heavy atom. The second-order valence-electron chi connectivity index (χ2n) is 6.34. The first kappa shape index (κ1) is 12.9. The summed E-state index contributed by atoms with van der Waals surface area (Å²) in [5.41, 5.74) is 4.39. The van der Waals surface area contributed by atoms with E-state index in [-0.39, 0.29) is 0 Å². The molecule has 4 rings (SSSR count). The van der Waals surface area contributed by atoms with Crippen LogP contribution in [0.2, 0.25) is 0 Å². The number of aromatic amines is 1. The molecule has 2 aliphatic heterocycles. The van der Waals surface area contributed by atoms with Crippen LogP contribution < -0.4 is 0 Å². The van der Waals surface area contributed by atoms with Crippen molar-refractivity contribution in [3.63, 3.8) is 0 Å². The van der Waals surface area contributed by atoms with Crippen molar-refractivity contribution < 1.29 is 0 Å². The second-order valence-corrected chi connectivity index (χ2v) is 7.78. The Hall–Kier alpha value is -0.800. The third kappa shape index (κ3) is 1.94. The molecule has 106 valence electrons. The quantitative estimate of drug-likeness (QED) is 0.773. The van der Waals surface area contributed by atoms with Gasteiger partial charge in [0.15, 0.2) is 0 Å². The summed E-state index contributed by atoms with van der Waals surface area (Å²) in [7, 11) is 0. The van der Waals surface area contributed by atoms with Crippen LogP contribution in [0.3, 0.4) is 0 Å². The van der Waals surface area contributed by atoms with Crippen LogP contribution >= 0.6 is 15.9 Å². The van der Waals surface area contributed by atoms with Gasteiger partial charge in [0.25, 0.3) is 0 Å². The number of alkyl halides is 1. The van der Waals surface area contributed by atoms with Gasteiger partial charge in [0.05, 0.1) is 6.04 Å². The number of hydrogen-bond donors (Lipinski definition) is 1. The van der Waals surface area contributed by atoms with Gasteiger partial charge < -0.3 is 4.98 Å². The Bertz CT molecular complexity index is 631. The minimum atomic E-state index is 0.619. The maximum absolute atomic E-state index is 3.78. The number of para-hydroxylation sites is 1. The molecule has 0 bridgehead atoms. The van der Waals surface area contributed by atoms with E-state index in [0.29, 0.717) is 10.9 Å². The lowest BCUT2D eigenvalue weighted by atomic mass is 9.85. The molecule has 0 radical (unpaired) electrons. The number of H-pyrrole nitrogens is 1. The van der Waals surface area contributed by atoms with E-state index in [0.717, 1.165) is 5.92 Å². The third-order valence-corrected chi connectivity index (χ3v) is 5.95. The molecular weight excluding hydrogens is 312 g/mol. The molecule has 1 N–H and O–H groups in total. The zero-order chi connectivity index (χ0) is 13.7. The molecule has 0 spiro atoms. The highest BCUT2D eigenvalue weighted by molar-refractivity contribution is 9.09. The molecule has 2 nitrogen and oxygen atoms in total. The van der Waals surface area contributed by atoms with Gasteiger partial charge in [-0.2, -0.15) is 0 Å². The fourth-order valence-corrected chi connectivity index (χ4v) is 4.48. The van der Waals surface area contributed by atoms with Crippen LogP contribution in [0.4, 0.5) is 0 Å². The lowest BCUT2D eigenvalue weighted by molar-refractivity contribution is 0.0976. The molecule has 3 heteroatoms. The van der Waals surface area contributed by atoms with E-state index >= 15 is 0 Å². The van der Waals surface area contributed by atoms with Gasteiger partial charge in [-0.05, 0) is 36.8 Å². The minimum Gasteiger partial charge on any atom is -0.357 e. The molecule has 1 fully saturated rings. The molecule has 2 aliphatic rings. The molecule has 0 saturated carbocycles. The van der Waals surface area contributed by atoms with Crippen molar-refractivity contribution in [1.29, 1.82) is 0 Å². The Balaban J connectivity index is 1.71. The number of halogens is 1. The summed E-state index contributed by atoms with van der Waals surface area (Å²) in [6.45, 7) is 4.75. The highest BCUT2D eigenvalue weighted by Crippen LogP contribution is 2.41. The van der Waals surface area contributed by atoms with E-state index < -0.39 is 0 Å². The Kier molecular flexibility index (Phi) is 3.15. The van der Waals surface area contributed by atoms with Crippen LogP contribution in [0.5, 0.6) is 0 Å². The summed E-state index contributed by atoms with van der Waals surface area (Å²) in [5, 5.41) is 1.44. The van der Waals surface area contributed by atoms with Crippen molar-refractivity contribution in [1.82, 2.24) is 9.88 Å². The molecule has 1 saturated heterocycles. The van der Waals surface area contributed by atoms with Crippen molar-refractivity contribution in [2.45, 2.75) is 37.1 Å². The van der Waals surface area contributed by atoms with Crippen LogP contribution in [0.1, 0.15) is 37.1 Å². The smallest absolute Gasteiger partial charge is 0.0501 e. The topological polar surface area (TPSA) is 19.0 Å². The van der Waals surface area contributed by atoms with Crippen LogP contribution in [0, 0.1) is 5.92 Å². The Morgan fingerprint density at radius 2 is 2.15 bits per heavy atom. The third-order valence-electron chi connectivity index (χ3n) is 5.20. The van der Waals surface area contributed by atoms with Crippen LogP contribution in [-0.4, -0.2) is 27.8 Å². The number of piperidine rings is 1. The number of hydrogen-bond acceptors (Lipinski definition) is 1. The SMILES string of the molecule is CC(Br)[C@@H]1CC[C@H]2c3[nH]c4ccccc4c3CCN2C1. The maximum atomic E-state index is 3.78. The summed E-state index contributed by atoms with van der Waals surface area (Å²) in [6.07, 6.45) is 3.82. The predicted molar refractivity (Wildman–Crippen MR) is 87.4 cm³/mol. The average Bonchev–Trinajstić information content (AvgIpc) is 2.85. The number of aromatic nitrogens is 1. The number of benzene rings is 1. The molecule has 20 heavy (non-hydrogen) atoms. The lowest BCUT2D eigenvalue weighted by Crippen LogP contribution is -2.44. The van der Waals surface area contributed by atoms with Crippen molar-refractivity contribution >= 4 is 26.8 Å². The lowest BCUT2D eigenvalue weighted by Gasteiger charge is -2.43. The van der Waals surface area contributed by atoms with E-state index in [1.807, 2.05) is 0 Å². The van der Waals surface area contributed by atoms with Gasteiger partial charge in [-0.3, -0.25) is 4.90 Å². The number of nitrogens with zero attached hydrogens (tertiary/aromatic N) is 1. The summed E-state index contributed by atoms with van der Waals surface area (Å²) >= 11 is 3.78. The molecule has 1 aromatic carbocycles. The van der Waals surface area contributed by atoms with Gasteiger partial charge in [-0.15, -0.1) is 0 Å². The zero-order valence-electron chi connectivity index (χ0n) is 11.9. The average molecular weight is 333 g/mol. The summed E-state index contributed by atoms with van der Waals surface area (Å²) in [5.74, 6) is 0.803. The van der Waals surface area contributed by atoms with Gasteiger partial charge in [0, 0.05) is 34.5 Å². The number of fused-ring (bicyclic) bond motifs is 5. The Labute approximate surface area is 128 Å². The first-order valence-corrected chi connectivity index (χ1v) is 8.63. The largest absolute Gasteiger partial charge is 0.357 e. The number of nitrogens with one attached hydrogen (secondary N) is 1. The normalized spacial score (nSPS) is 28.1. The van der Waals surface area contributed by atoms with Crippen molar-refractivity contribution in [2.75, 3.05) is 13.1 Å². The minimum absolute atomic E-state index is 0.619.